The Morgan fingerprint density at radius 3 is 2.75 bits per heavy atom. The Labute approximate surface area is 91.8 Å². The van der Waals surface area contributed by atoms with Gasteiger partial charge in [0.2, 0.25) is 0 Å². The van der Waals surface area contributed by atoms with Gasteiger partial charge >= 0.3 is 5.97 Å². The number of carboxylic acids is 1. The Morgan fingerprint density at radius 1 is 1.56 bits per heavy atom. The van der Waals surface area contributed by atoms with Gasteiger partial charge in [0.25, 0.3) is 0 Å². The molecule has 1 saturated carbocycles. The summed E-state index contributed by atoms with van der Waals surface area (Å²) < 4.78 is 18.7. The molecule has 0 atom stereocenters. The van der Waals surface area contributed by atoms with Gasteiger partial charge in [-0.1, -0.05) is 0 Å². The van der Waals surface area contributed by atoms with Crippen molar-refractivity contribution in [2.45, 2.75) is 12.8 Å². The first-order valence-electron chi connectivity index (χ1n) is 5.03. The Bertz CT molecular complexity index is 406. The molecule has 0 saturated heterocycles. The van der Waals surface area contributed by atoms with E-state index < -0.39 is 17.3 Å². The molecule has 0 bridgehead atoms. The molecule has 0 radical (unpaired) electrons. The molecule has 3 N–H and O–H groups in total. The second kappa shape index (κ2) is 4.00. The molecular weight excluding hydrogens is 213 g/mol. The zero-order valence-electron chi connectivity index (χ0n) is 8.57. The number of nitrogens with two attached hydrogens (primary N) is 1. The molecule has 5 heteroatoms. The summed E-state index contributed by atoms with van der Waals surface area (Å²) in [5.41, 5.74) is 4.83. The summed E-state index contributed by atoms with van der Waals surface area (Å²) in [6, 6.07) is 2.40. The van der Waals surface area contributed by atoms with Crippen LogP contribution in [0.1, 0.15) is 23.2 Å². The van der Waals surface area contributed by atoms with Crippen LogP contribution in [0.25, 0.3) is 0 Å². The summed E-state index contributed by atoms with van der Waals surface area (Å²) in [7, 11) is 0. The van der Waals surface area contributed by atoms with Crippen LogP contribution in [0.4, 0.5) is 10.1 Å². The molecule has 1 aliphatic carbocycles. The van der Waals surface area contributed by atoms with Crippen LogP contribution < -0.4 is 10.5 Å². The fraction of sp³-hybridized carbons (Fsp3) is 0.364. The lowest BCUT2D eigenvalue weighted by Gasteiger charge is -2.08. The number of aromatic carboxylic acids is 1. The van der Waals surface area contributed by atoms with Gasteiger partial charge in [0, 0.05) is 12.1 Å². The van der Waals surface area contributed by atoms with Gasteiger partial charge in [-0.15, -0.1) is 0 Å². The van der Waals surface area contributed by atoms with E-state index in [4.69, 9.17) is 15.6 Å². The summed E-state index contributed by atoms with van der Waals surface area (Å²) in [4.78, 5) is 10.7. The highest BCUT2D eigenvalue weighted by molar-refractivity contribution is 5.94. The van der Waals surface area contributed by atoms with Crippen LogP contribution in [0.2, 0.25) is 0 Å². The van der Waals surface area contributed by atoms with E-state index in [1.165, 1.54) is 6.07 Å². The van der Waals surface area contributed by atoms with Crippen LogP contribution in [-0.2, 0) is 0 Å². The summed E-state index contributed by atoms with van der Waals surface area (Å²) >= 11 is 0. The summed E-state index contributed by atoms with van der Waals surface area (Å²) in [6.45, 7) is 0.533. The monoisotopic (exact) mass is 225 g/mol. The molecule has 0 amide bonds. The van der Waals surface area contributed by atoms with Crippen molar-refractivity contribution in [2.75, 3.05) is 12.3 Å². The van der Waals surface area contributed by atoms with Crippen LogP contribution in [0.3, 0.4) is 0 Å². The Balaban J connectivity index is 2.18. The smallest absolute Gasteiger partial charge is 0.340 e. The summed E-state index contributed by atoms with van der Waals surface area (Å²) in [5.74, 6) is -1.41. The zero-order chi connectivity index (χ0) is 11.7. The second-order valence-corrected chi connectivity index (χ2v) is 3.93. The fourth-order valence-electron chi connectivity index (χ4n) is 1.41. The van der Waals surface area contributed by atoms with E-state index >= 15 is 0 Å². The van der Waals surface area contributed by atoms with Crippen LogP contribution in [0, 0.1) is 11.7 Å². The highest BCUT2D eigenvalue weighted by Crippen LogP contribution is 2.30. The topological polar surface area (TPSA) is 72.5 Å². The van der Waals surface area contributed by atoms with Crippen molar-refractivity contribution in [3.8, 4) is 5.75 Å². The lowest BCUT2D eigenvalue weighted by molar-refractivity contribution is 0.0693. The van der Waals surface area contributed by atoms with Crippen molar-refractivity contribution in [3.05, 3.63) is 23.5 Å². The molecule has 1 aliphatic rings. The standard InChI is InChI=1S/C11H12FNO3/c12-8-3-7(16-5-6-1-2-6)4-9(13)10(8)11(14)15/h3-4,6H,1-2,5,13H2,(H,14,15). The molecule has 0 aromatic heterocycles. The first-order chi connectivity index (χ1) is 7.58. The highest BCUT2D eigenvalue weighted by atomic mass is 19.1. The Morgan fingerprint density at radius 2 is 2.25 bits per heavy atom. The predicted molar refractivity (Wildman–Crippen MR) is 56.0 cm³/mol. The SMILES string of the molecule is Nc1cc(OCC2CC2)cc(F)c1C(=O)O. The molecule has 1 aromatic carbocycles. The molecule has 0 heterocycles. The van der Waals surface area contributed by atoms with E-state index in [-0.39, 0.29) is 11.4 Å². The molecule has 0 aliphatic heterocycles. The molecule has 4 nitrogen and oxygen atoms in total. The fourth-order valence-corrected chi connectivity index (χ4v) is 1.41. The maximum absolute atomic E-state index is 13.4. The highest BCUT2D eigenvalue weighted by Gasteiger charge is 2.22. The lowest BCUT2D eigenvalue weighted by Crippen LogP contribution is -2.07. The minimum absolute atomic E-state index is 0.113. The second-order valence-electron chi connectivity index (χ2n) is 3.93. The number of benzene rings is 1. The third kappa shape index (κ3) is 2.24. The van der Waals surface area contributed by atoms with Gasteiger partial charge in [-0.25, -0.2) is 9.18 Å². The number of nitrogen functional groups attached to an aromatic ring is 1. The molecule has 16 heavy (non-hydrogen) atoms. The number of ether oxygens (including phenoxy) is 1. The van der Waals surface area contributed by atoms with Crippen molar-refractivity contribution in [1.82, 2.24) is 0 Å². The Hall–Kier alpha value is -1.78. The Kier molecular flexibility index (Phi) is 2.68. The number of carbonyl (C=O) groups is 1. The van der Waals surface area contributed by atoms with Crippen molar-refractivity contribution < 1.29 is 19.0 Å². The van der Waals surface area contributed by atoms with Crippen LogP contribution >= 0.6 is 0 Å². The third-order valence-corrected chi connectivity index (χ3v) is 2.49. The number of halogens is 1. The van der Waals surface area contributed by atoms with Gasteiger partial charge in [0.15, 0.2) is 0 Å². The quantitative estimate of drug-likeness (QED) is 0.767. The predicted octanol–water partition coefficient (Wildman–Crippen LogP) is 1.89. The van der Waals surface area contributed by atoms with E-state index in [0.29, 0.717) is 12.5 Å². The first kappa shape index (κ1) is 10.7. The number of carboxylic acid groups (broad SMARTS) is 1. The average molecular weight is 225 g/mol. The number of hydrogen-bond acceptors (Lipinski definition) is 3. The van der Waals surface area contributed by atoms with E-state index in [2.05, 4.69) is 0 Å². The van der Waals surface area contributed by atoms with Crippen molar-refractivity contribution in [2.24, 2.45) is 5.92 Å². The van der Waals surface area contributed by atoms with Gasteiger partial charge < -0.3 is 15.6 Å². The lowest BCUT2D eigenvalue weighted by atomic mass is 10.1. The van der Waals surface area contributed by atoms with Crippen molar-refractivity contribution >= 4 is 11.7 Å². The largest absolute Gasteiger partial charge is 0.493 e. The molecular formula is C11H12FNO3. The zero-order valence-corrected chi connectivity index (χ0v) is 8.57. The number of anilines is 1. The molecule has 1 fully saturated rings. The van der Waals surface area contributed by atoms with E-state index in [1.807, 2.05) is 0 Å². The van der Waals surface area contributed by atoms with E-state index in [0.717, 1.165) is 18.9 Å². The number of hydrogen-bond donors (Lipinski definition) is 2. The number of rotatable bonds is 4. The average Bonchev–Trinajstić information content (AvgIpc) is 2.96. The molecule has 86 valence electrons. The third-order valence-electron chi connectivity index (χ3n) is 2.49. The molecule has 1 aromatic rings. The van der Waals surface area contributed by atoms with Crippen molar-refractivity contribution in [1.29, 1.82) is 0 Å². The molecule has 0 unspecified atom stereocenters. The van der Waals surface area contributed by atoms with E-state index in [9.17, 15) is 9.18 Å². The maximum Gasteiger partial charge on any atom is 0.340 e. The first-order valence-corrected chi connectivity index (χ1v) is 5.03. The maximum atomic E-state index is 13.4. The summed E-state index contributed by atoms with van der Waals surface area (Å²) in [6.07, 6.45) is 2.26. The van der Waals surface area contributed by atoms with Gasteiger partial charge in [-0.3, -0.25) is 0 Å². The molecule has 2 rings (SSSR count). The van der Waals surface area contributed by atoms with Gasteiger partial charge in [-0.05, 0) is 18.8 Å². The minimum Gasteiger partial charge on any atom is -0.493 e. The summed E-state index contributed by atoms with van der Waals surface area (Å²) in [5, 5.41) is 8.70. The van der Waals surface area contributed by atoms with Gasteiger partial charge in [-0.2, -0.15) is 0 Å². The van der Waals surface area contributed by atoms with Crippen LogP contribution in [0.15, 0.2) is 12.1 Å². The van der Waals surface area contributed by atoms with Gasteiger partial charge in [0.1, 0.15) is 17.1 Å². The van der Waals surface area contributed by atoms with E-state index in [1.54, 1.807) is 0 Å². The van der Waals surface area contributed by atoms with Crippen molar-refractivity contribution in [3.63, 3.8) is 0 Å². The van der Waals surface area contributed by atoms with Gasteiger partial charge in [0.05, 0.1) is 12.3 Å². The minimum atomic E-state index is -1.37. The van der Waals surface area contributed by atoms with Crippen LogP contribution in [-0.4, -0.2) is 17.7 Å². The normalized spacial score (nSPS) is 14.8. The van der Waals surface area contributed by atoms with Crippen LogP contribution in [0.5, 0.6) is 5.75 Å². The molecule has 0 spiro atoms.